The highest BCUT2D eigenvalue weighted by Crippen LogP contribution is 1.97. The van der Waals surface area contributed by atoms with Crippen LogP contribution in [0.4, 0.5) is 0 Å². The summed E-state index contributed by atoms with van der Waals surface area (Å²) < 4.78 is 5.02. The van der Waals surface area contributed by atoms with Crippen molar-refractivity contribution in [2.45, 2.75) is 32.8 Å². The second-order valence-electron chi connectivity index (χ2n) is 2.55. The predicted octanol–water partition coefficient (Wildman–Crippen LogP) is 0.938. The highest BCUT2D eigenvalue weighted by Gasteiger charge is 2.05. The second kappa shape index (κ2) is 6.16. The van der Waals surface area contributed by atoms with Crippen LogP contribution in [-0.2, 0) is 9.53 Å². The number of hydrogen-bond donors (Lipinski definition) is 1. The van der Waals surface area contributed by atoms with Gasteiger partial charge in [-0.25, -0.2) is 0 Å². The van der Waals surface area contributed by atoms with Gasteiger partial charge in [0.1, 0.15) is 6.10 Å². The van der Waals surface area contributed by atoms with Crippen LogP contribution in [0.15, 0.2) is 0 Å². The van der Waals surface area contributed by atoms with Crippen molar-refractivity contribution >= 4 is 5.97 Å². The molecule has 3 heteroatoms. The summed E-state index contributed by atoms with van der Waals surface area (Å²) >= 11 is 0. The standard InChI is InChI=1S/C8H17NO2/c1-4-8(10)11-7(2)5-6-9-3/h7,9H,4-6H2,1-3H3/t7-/m1/s1. The molecule has 1 atom stereocenters. The molecule has 0 aliphatic heterocycles. The molecule has 1 N–H and O–H groups in total. The van der Waals surface area contributed by atoms with Crippen molar-refractivity contribution in [2.24, 2.45) is 0 Å². The van der Waals surface area contributed by atoms with Crippen LogP contribution in [0.5, 0.6) is 0 Å². The van der Waals surface area contributed by atoms with E-state index in [1.807, 2.05) is 14.0 Å². The molecule has 0 aromatic rings. The van der Waals surface area contributed by atoms with Crippen LogP contribution in [0.3, 0.4) is 0 Å². The summed E-state index contributed by atoms with van der Waals surface area (Å²) in [6.07, 6.45) is 1.38. The lowest BCUT2D eigenvalue weighted by molar-refractivity contribution is -0.148. The van der Waals surface area contributed by atoms with Gasteiger partial charge in [0.2, 0.25) is 0 Å². The Hall–Kier alpha value is -0.570. The van der Waals surface area contributed by atoms with E-state index >= 15 is 0 Å². The summed E-state index contributed by atoms with van der Waals surface area (Å²) in [5, 5.41) is 3.00. The van der Waals surface area contributed by atoms with Crippen LogP contribution in [0.25, 0.3) is 0 Å². The second-order valence-corrected chi connectivity index (χ2v) is 2.55. The molecule has 0 aliphatic rings. The van der Waals surface area contributed by atoms with Gasteiger partial charge in [0.15, 0.2) is 0 Å². The monoisotopic (exact) mass is 159 g/mol. The minimum atomic E-state index is -0.117. The molecule has 0 bridgehead atoms. The van der Waals surface area contributed by atoms with Gasteiger partial charge in [-0.15, -0.1) is 0 Å². The van der Waals surface area contributed by atoms with Crippen molar-refractivity contribution in [3.8, 4) is 0 Å². The maximum atomic E-state index is 10.7. The van der Waals surface area contributed by atoms with E-state index in [-0.39, 0.29) is 12.1 Å². The minimum Gasteiger partial charge on any atom is -0.463 e. The summed E-state index contributed by atoms with van der Waals surface area (Å²) in [4.78, 5) is 10.7. The lowest BCUT2D eigenvalue weighted by Gasteiger charge is -2.11. The fraction of sp³-hybridized carbons (Fsp3) is 0.875. The zero-order valence-electron chi connectivity index (χ0n) is 7.52. The highest BCUT2D eigenvalue weighted by atomic mass is 16.5. The average Bonchev–Trinajstić information content (AvgIpc) is 2.00. The van der Waals surface area contributed by atoms with Crippen molar-refractivity contribution < 1.29 is 9.53 Å². The van der Waals surface area contributed by atoms with E-state index in [1.54, 1.807) is 6.92 Å². The van der Waals surface area contributed by atoms with Crippen molar-refractivity contribution in [1.29, 1.82) is 0 Å². The van der Waals surface area contributed by atoms with Gasteiger partial charge in [-0.3, -0.25) is 4.79 Å². The van der Waals surface area contributed by atoms with Crippen LogP contribution in [0.1, 0.15) is 26.7 Å². The molecule has 0 amide bonds. The predicted molar refractivity (Wildman–Crippen MR) is 44.4 cm³/mol. The number of esters is 1. The van der Waals surface area contributed by atoms with Gasteiger partial charge < -0.3 is 10.1 Å². The van der Waals surface area contributed by atoms with Gasteiger partial charge in [0.05, 0.1) is 0 Å². The third-order valence-electron chi connectivity index (χ3n) is 1.42. The Labute approximate surface area is 68.1 Å². The van der Waals surface area contributed by atoms with Gasteiger partial charge in [-0.2, -0.15) is 0 Å². The van der Waals surface area contributed by atoms with Crippen LogP contribution in [0, 0.1) is 0 Å². The highest BCUT2D eigenvalue weighted by molar-refractivity contribution is 5.69. The van der Waals surface area contributed by atoms with Gasteiger partial charge in [-0.1, -0.05) is 6.92 Å². The Kier molecular flexibility index (Phi) is 5.84. The molecule has 0 saturated heterocycles. The third-order valence-corrected chi connectivity index (χ3v) is 1.42. The molecule has 0 saturated carbocycles. The molecule has 0 radical (unpaired) electrons. The van der Waals surface area contributed by atoms with Crippen molar-refractivity contribution in [3.63, 3.8) is 0 Å². The topological polar surface area (TPSA) is 38.3 Å². The molecule has 0 unspecified atom stereocenters. The molecular formula is C8H17NO2. The SMILES string of the molecule is CCC(=O)O[C@H](C)CCNC. The van der Waals surface area contributed by atoms with Gasteiger partial charge in [-0.05, 0) is 26.9 Å². The number of nitrogens with one attached hydrogen (secondary N) is 1. The lowest BCUT2D eigenvalue weighted by Crippen LogP contribution is -2.19. The first kappa shape index (κ1) is 10.4. The lowest BCUT2D eigenvalue weighted by atomic mass is 10.3. The number of ether oxygens (including phenoxy) is 1. The fourth-order valence-electron chi connectivity index (χ4n) is 0.714. The van der Waals surface area contributed by atoms with E-state index in [0.29, 0.717) is 6.42 Å². The smallest absolute Gasteiger partial charge is 0.305 e. The molecule has 0 heterocycles. The summed E-state index contributed by atoms with van der Waals surface area (Å²) in [7, 11) is 1.88. The number of carbonyl (C=O) groups is 1. The van der Waals surface area contributed by atoms with Crippen molar-refractivity contribution in [1.82, 2.24) is 5.32 Å². The molecule has 0 rings (SSSR count). The van der Waals surface area contributed by atoms with E-state index in [0.717, 1.165) is 13.0 Å². The van der Waals surface area contributed by atoms with Crippen LogP contribution in [0.2, 0.25) is 0 Å². The van der Waals surface area contributed by atoms with Crippen LogP contribution in [-0.4, -0.2) is 25.7 Å². The van der Waals surface area contributed by atoms with Crippen molar-refractivity contribution in [3.05, 3.63) is 0 Å². The molecule has 0 aromatic carbocycles. The Morgan fingerprint density at radius 3 is 2.73 bits per heavy atom. The van der Waals surface area contributed by atoms with E-state index in [2.05, 4.69) is 5.32 Å². The fourth-order valence-corrected chi connectivity index (χ4v) is 0.714. The minimum absolute atomic E-state index is 0.0369. The zero-order valence-corrected chi connectivity index (χ0v) is 7.52. The molecule has 11 heavy (non-hydrogen) atoms. The summed E-state index contributed by atoms with van der Waals surface area (Å²) in [5.74, 6) is -0.117. The first-order valence-electron chi connectivity index (χ1n) is 4.04. The zero-order chi connectivity index (χ0) is 8.69. The first-order valence-corrected chi connectivity index (χ1v) is 4.04. The summed E-state index contributed by atoms with van der Waals surface area (Å²) in [6, 6.07) is 0. The first-order chi connectivity index (χ1) is 5.20. The number of rotatable bonds is 5. The normalized spacial score (nSPS) is 12.6. The number of carbonyl (C=O) groups excluding carboxylic acids is 1. The maximum Gasteiger partial charge on any atom is 0.305 e. The summed E-state index contributed by atoms with van der Waals surface area (Å²) in [6.45, 7) is 4.59. The third kappa shape index (κ3) is 5.85. The Balaban J connectivity index is 3.35. The molecule has 0 aromatic heterocycles. The van der Waals surface area contributed by atoms with Gasteiger partial charge >= 0.3 is 5.97 Å². The molecule has 3 nitrogen and oxygen atoms in total. The largest absolute Gasteiger partial charge is 0.463 e. The Bertz CT molecular complexity index is 115. The van der Waals surface area contributed by atoms with Gasteiger partial charge in [0, 0.05) is 6.42 Å². The van der Waals surface area contributed by atoms with Crippen LogP contribution >= 0.6 is 0 Å². The average molecular weight is 159 g/mol. The molecular weight excluding hydrogens is 142 g/mol. The molecule has 66 valence electrons. The van der Waals surface area contributed by atoms with Crippen LogP contribution < -0.4 is 5.32 Å². The Morgan fingerprint density at radius 1 is 1.64 bits per heavy atom. The Morgan fingerprint density at radius 2 is 2.27 bits per heavy atom. The number of hydrogen-bond acceptors (Lipinski definition) is 3. The summed E-state index contributed by atoms with van der Waals surface area (Å²) in [5.41, 5.74) is 0. The van der Waals surface area contributed by atoms with E-state index in [1.165, 1.54) is 0 Å². The maximum absolute atomic E-state index is 10.7. The molecule has 0 aliphatic carbocycles. The van der Waals surface area contributed by atoms with E-state index in [9.17, 15) is 4.79 Å². The molecule has 0 spiro atoms. The molecule has 0 fully saturated rings. The van der Waals surface area contributed by atoms with E-state index in [4.69, 9.17) is 4.74 Å². The van der Waals surface area contributed by atoms with Gasteiger partial charge in [0.25, 0.3) is 0 Å². The van der Waals surface area contributed by atoms with E-state index < -0.39 is 0 Å². The van der Waals surface area contributed by atoms with Crippen molar-refractivity contribution in [2.75, 3.05) is 13.6 Å². The quantitative estimate of drug-likeness (QED) is 0.607.